The van der Waals surface area contributed by atoms with Crippen LogP contribution in [0.5, 0.6) is 5.75 Å². The predicted molar refractivity (Wildman–Crippen MR) is 241 cm³/mol. The number of para-hydroxylation sites is 1. The van der Waals surface area contributed by atoms with Crippen molar-refractivity contribution < 1.29 is 5.11 Å². The third-order valence-electron chi connectivity index (χ3n) is 11.0. The summed E-state index contributed by atoms with van der Waals surface area (Å²) in [6.07, 6.45) is 23.5. The highest BCUT2D eigenvalue weighted by Crippen LogP contribution is 2.27. The number of H-pyrrole nitrogens is 1. The van der Waals surface area contributed by atoms with Gasteiger partial charge < -0.3 is 10.1 Å². The maximum atomic E-state index is 9.46. The summed E-state index contributed by atoms with van der Waals surface area (Å²) in [4.78, 5) is 31.5. The van der Waals surface area contributed by atoms with Gasteiger partial charge >= 0.3 is 0 Å². The largest absolute Gasteiger partial charge is 0.508 e. The van der Waals surface area contributed by atoms with Crippen molar-refractivity contribution in [1.29, 1.82) is 0 Å². The molecule has 9 rings (SSSR count). The molecule has 0 fully saturated rings. The van der Waals surface area contributed by atoms with Gasteiger partial charge in [-0.1, -0.05) is 58.0 Å². The third kappa shape index (κ3) is 8.83. The summed E-state index contributed by atoms with van der Waals surface area (Å²) >= 11 is 0. The molecule has 0 saturated heterocycles. The molecule has 0 saturated carbocycles. The van der Waals surface area contributed by atoms with Crippen LogP contribution in [-0.2, 0) is 25.7 Å². The number of hydrogen-bond donors (Lipinski definition) is 2. The molecule has 7 heterocycles. The lowest BCUT2D eigenvalue weighted by molar-refractivity contribution is 0.475. The zero-order valence-electron chi connectivity index (χ0n) is 35.4. The van der Waals surface area contributed by atoms with Crippen LogP contribution in [0.3, 0.4) is 0 Å². The molecule has 0 unspecified atom stereocenters. The van der Waals surface area contributed by atoms with Crippen molar-refractivity contribution in [3.05, 3.63) is 162 Å². The summed E-state index contributed by atoms with van der Waals surface area (Å²) in [5.41, 5.74) is 14.3. The van der Waals surface area contributed by atoms with E-state index in [9.17, 15) is 5.11 Å². The van der Waals surface area contributed by atoms with E-state index in [2.05, 4.69) is 118 Å². The van der Waals surface area contributed by atoms with Gasteiger partial charge in [-0.15, -0.1) is 0 Å². The van der Waals surface area contributed by atoms with E-state index in [4.69, 9.17) is 15.0 Å². The molecule has 10 heteroatoms. The number of nitrogens with one attached hydrogen (secondary N) is 1. The lowest BCUT2D eigenvalue weighted by Crippen LogP contribution is -2.03. The Hall–Kier alpha value is -6.68. The van der Waals surface area contributed by atoms with Crippen molar-refractivity contribution >= 4 is 21.9 Å². The monoisotopic (exact) mass is 795 g/mol. The van der Waals surface area contributed by atoms with E-state index in [1.54, 1.807) is 12.1 Å². The zero-order chi connectivity index (χ0) is 41.8. The van der Waals surface area contributed by atoms with Gasteiger partial charge in [-0.05, 0) is 105 Å². The lowest BCUT2D eigenvalue weighted by Gasteiger charge is -2.11. The topological polar surface area (TPSA) is 122 Å². The first-order valence-electron chi connectivity index (χ1n) is 21.0. The van der Waals surface area contributed by atoms with Gasteiger partial charge in [0.2, 0.25) is 0 Å². The van der Waals surface area contributed by atoms with E-state index in [1.807, 2.05) is 56.2 Å². The Morgan fingerprint density at radius 2 is 1.15 bits per heavy atom. The molecular weight excluding hydrogens is 743 g/mol. The number of phenols is 1. The van der Waals surface area contributed by atoms with E-state index in [-0.39, 0.29) is 0 Å². The summed E-state index contributed by atoms with van der Waals surface area (Å²) in [5.74, 6) is 3.08. The van der Waals surface area contributed by atoms with Crippen molar-refractivity contribution in [2.24, 2.45) is 0 Å². The minimum atomic E-state index is 0.303. The maximum absolute atomic E-state index is 9.46. The summed E-state index contributed by atoms with van der Waals surface area (Å²) in [6.45, 7) is 12.8. The van der Waals surface area contributed by atoms with Gasteiger partial charge in [0.25, 0.3) is 0 Å². The zero-order valence-corrected chi connectivity index (χ0v) is 35.4. The Morgan fingerprint density at radius 1 is 0.617 bits per heavy atom. The second-order valence-corrected chi connectivity index (χ2v) is 16.4. The third-order valence-corrected chi connectivity index (χ3v) is 11.0. The minimum Gasteiger partial charge on any atom is -0.508 e. The van der Waals surface area contributed by atoms with Crippen molar-refractivity contribution in [1.82, 2.24) is 43.7 Å². The van der Waals surface area contributed by atoms with Crippen LogP contribution in [0.1, 0.15) is 97.7 Å². The fraction of sp³-hybridized carbons (Fsp3) is 0.280. The molecule has 0 aliphatic heterocycles. The van der Waals surface area contributed by atoms with E-state index in [0.29, 0.717) is 17.6 Å². The highest BCUT2D eigenvalue weighted by molar-refractivity contribution is 5.83. The first kappa shape index (κ1) is 40.1. The second-order valence-electron chi connectivity index (χ2n) is 16.4. The van der Waals surface area contributed by atoms with Crippen LogP contribution in [-0.4, -0.2) is 48.8 Å². The number of phenolic OH excluding ortho intramolecular Hbond substituents is 1. The van der Waals surface area contributed by atoms with E-state index in [1.165, 1.54) is 22.0 Å². The number of pyridine rings is 2. The Balaban J connectivity index is 0.000000167. The SMILES string of the molecule is Cc1cncc(-c2cn3c(C(C)C)ncc3c(CCCc3c[nH]c4ccccc34)n2)c1.Cc1cncc(-c2cn3c(C(C)C)ncc3c(CCCc3ccc(O)cc3)n2)c1. The lowest BCUT2D eigenvalue weighted by atomic mass is 10.1. The highest BCUT2D eigenvalue weighted by Gasteiger charge is 2.17. The van der Waals surface area contributed by atoms with Crippen LogP contribution >= 0.6 is 0 Å². The van der Waals surface area contributed by atoms with Gasteiger partial charge in [0, 0.05) is 77.2 Å². The summed E-state index contributed by atoms with van der Waals surface area (Å²) < 4.78 is 4.40. The molecule has 9 aromatic rings. The number of aryl methyl sites for hydroxylation is 6. The number of aromatic amines is 1. The average Bonchev–Trinajstić information content (AvgIpc) is 3.99. The Labute approximate surface area is 351 Å². The molecule has 2 aromatic carbocycles. The van der Waals surface area contributed by atoms with Crippen molar-refractivity contribution in [2.75, 3.05) is 0 Å². The average molecular weight is 796 g/mol. The normalized spacial score (nSPS) is 11.6. The van der Waals surface area contributed by atoms with Gasteiger partial charge in [0.05, 0.1) is 46.2 Å². The molecular formula is C50H53N9O. The highest BCUT2D eigenvalue weighted by atomic mass is 16.3. The Morgan fingerprint density at radius 3 is 1.68 bits per heavy atom. The van der Waals surface area contributed by atoms with Crippen LogP contribution in [0.15, 0.2) is 116 Å². The van der Waals surface area contributed by atoms with Gasteiger partial charge in [0.1, 0.15) is 17.4 Å². The molecule has 0 aliphatic rings. The van der Waals surface area contributed by atoms with E-state index >= 15 is 0 Å². The van der Waals surface area contributed by atoms with Gasteiger partial charge in [0.15, 0.2) is 0 Å². The molecule has 7 aromatic heterocycles. The standard InChI is InChI=1S/C26H27N5.C24H26N4O/c1-17(2)26-29-15-25-23(10-6-7-19-14-28-22-9-5-4-8-21(19)22)30-24(16-31(25)26)20-11-18(3)12-27-13-20;1-16(2)24-26-14-23-21(6-4-5-18-7-9-20(29)10-8-18)27-22(15-28(23)24)19-11-17(3)12-25-13-19/h4-5,8-9,11-17,28H,6-7,10H2,1-3H3;7-16,29H,4-6H2,1-3H3. The fourth-order valence-electron chi connectivity index (χ4n) is 7.95. The number of benzene rings is 2. The fourth-order valence-corrected chi connectivity index (χ4v) is 7.95. The first-order valence-corrected chi connectivity index (χ1v) is 21.0. The van der Waals surface area contributed by atoms with Crippen LogP contribution < -0.4 is 0 Å². The summed E-state index contributed by atoms with van der Waals surface area (Å²) in [6, 6.07) is 20.2. The summed E-state index contributed by atoms with van der Waals surface area (Å²) in [7, 11) is 0. The molecule has 0 amide bonds. The van der Waals surface area contributed by atoms with Gasteiger partial charge in [-0.2, -0.15) is 0 Å². The minimum absolute atomic E-state index is 0.303. The molecule has 60 heavy (non-hydrogen) atoms. The molecule has 0 radical (unpaired) electrons. The number of fused-ring (bicyclic) bond motifs is 3. The second kappa shape index (κ2) is 17.7. The molecule has 0 atom stereocenters. The predicted octanol–water partition coefficient (Wildman–Crippen LogP) is 11.0. The smallest absolute Gasteiger partial charge is 0.115 e. The number of rotatable bonds is 12. The number of hydrogen-bond acceptors (Lipinski definition) is 7. The maximum Gasteiger partial charge on any atom is 0.115 e. The van der Waals surface area contributed by atoms with Gasteiger partial charge in [-0.25, -0.2) is 19.9 Å². The van der Waals surface area contributed by atoms with Crippen LogP contribution in [0, 0.1) is 13.8 Å². The van der Waals surface area contributed by atoms with Crippen molar-refractivity contribution in [3.8, 4) is 28.3 Å². The number of aromatic nitrogens is 9. The van der Waals surface area contributed by atoms with E-state index < -0.39 is 0 Å². The Bertz CT molecular complexity index is 2880. The molecule has 0 bridgehead atoms. The quantitative estimate of drug-likeness (QED) is 0.126. The van der Waals surface area contributed by atoms with E-state index in [0.717, 1.165) is 106 Å². The number of imidazole rings is 2. The van der Waals surface area contributed by atoms with Gasteiger partial charge in [-0.3, -0.25) is 18.8 Å². The van der Waals surface area contributed by atoms with Crippen LogP contribution in [0.4, 0.5) is 0 Å². The molecule has 2 N–H and O–H groups in total. The molecule has 0 aliphatic carbocycles. The number of nitrogens with zero attached hydrogens (tertiary/aromatic N) is 8. The summed E-state index contributed by atoms with van der Waals surface area (Å²) in [5, 5.41) is 10.8. The molecule has 10 nitrogen and oxygen atoms in total. The Kier molecular flexibility index (Phi) is 11.8. The van der Waals surface area contributed by atoms with Crippen LogP contribution in [0.25, 0.3) is 44.5 Å². The molecule has 0 spiro atoms. The first-order chi connectivity index (χ1) is 29.1. The molecule has 304 valence electrons. The van der Waals surface area contributed by atoms with Crippen LogP contribution in [0.2, 0.25) is 0 Å². The van der Waals surface area contributed by atoms with Crippen molar-refractivity contribution in [2.45, 2.75) is 91.9 Å². The number of aromatic hydroxyl groups is 1. The van der Waals surface area contributed by atoms with Crippen molar-refractivity contribution in [3.63, 3.8) is 0 Å².